The van der Waals surface area contributed by atoms with Crippen molar-refractivity contribution in [3.8, 4) is 0 Å². The molecule has 110 valence electrons. The first kappa shape index (κ1) is 13.8. The number of rotatable bonds is 6. The van der Waals surface area contributed by atoms with E-state index in [0.29, 0.717) is 24.2 Å². The fourth-order valence-corrected chi connectivity index (χ4v) is 4.69. The predicted molar refractivity (Wildman–Crippen MR) is 73.0 cm³/mol. The molecule has 0 aromatic carbocycles. The number of ether oxygens (including phenoxy) is 2. The lowest BCUT2D eigenvalue weighted by atomic mass is 9.54. The van der Waals surface area contributed by atoms with Gasteiger partial charge in [-0.1, -0.05) is 12.8 Å². The zero-order chi connectivity index (χ0) is 13.3. The smallest absolute Gasteiger partial charge is 0.0785 e. The second-order valence-corrected chi connectivity index (χ2v) is 6.51. The van der Waals surface area contributed by atoms with Crippen molar-refractivity contribution >= 4 is 0 Å². The molecule has 4 nitrogen and oxygen atoms in total. The summed E-state index contributed by atoms with van der Waals surface area (Å²) in [6, 6.07) is 0.622. The molecule has 4 atom stereocenters. The molecule has 2 N–H and O–H groups in total. The van der Waals surface area contributed by atoms with Gasteiger partial charge >= 0.3 is 0 Å². The molecule has 0 aromatic heterocycles. The Morgan fingerprint density at radius 1 is 1.42 bits per heavy atom. The van der Waals surface area contributed by atoms with Gasteiger partial charge in [0.25, 0.3) is 0 Å². The average molecular weight is 269 g/mol. The monoisotopic (exact) mass is 269 g/mol. The Labute approximate surface area is 115 Å². The molecule has 3 rings (SSSR count). The third kappa shape index (κ3) is 2.33. The maximum atomic E-state index is 9.71. The number of hydrogen-bond donors (Lipinski definition) is 2. The highest BCUT2D eigenvalue weighted by atomic mass is 16.5. The molecule has 1 spiro atoms. The van der Waals surface area contributed by atoms with Crippen LogP contribution in [-0.4, -0.2) is 50.2 Å². The van der Waals surface area contributed by atoms with E-state index in [1.54, 1.807) is 7.11 Å². The summed E-state index contributed by atoms with van der Waals surface area (Å²) in [5, 5.41) is 13.4. The highest BCUT2D eigenvalue weighted by molar-refractivity contribution is 5.16. The first-order valence-electron chi connectivity index (χ1n) is 7.80. The number of nitrogens with one attached hydrogen (secondary N) is 1. The van der Waals surface area contributed by atoms with Gasteiger partial charge in [-0.15, -0.1) is 0 Å². The van der Waals surface area contributed by atoms with Crippen LogP contribution in [-0.2, 0) is 9.47 Å². The molecule has 1 heterocycles. The Morgan fingerprint density at radius 3 is 2.95 bits per heavy atom. The SMILES string of the molecule is COCC(O)CCNC1C2CCOC2C12CCCC2. The van der Waals surface area contributed by atoms with Crippen LogP contribution < -0.4 is 5.32 Å². The molecular formula is C15H27NO3. The van der Waals surface area contributed by atoms with Crippen molar-refractivity contribution in [3.05, 3.63) is 0 Å². The van der Waals surface area contributed by atoms with E-state index >= 15 is 0 Å². The maximum Gasteiger partial charge on any atom is 0.0785 e. The minimum absolute atomic E-state index is 0.340. The third-order valence-corrected chi connectivity index (χ3v) is 5.49. The van der Waals surface area contributed by atoms with Crippen LogP contribution in [0.25, 0.3) is 0 Å². The van der Waals surface area contributed by atoms with Crippen molar-refractivity contribution in [1.29, 1.82) is 0 Å². The Bertz CT molecular complexity index is 304. The predicted octanol–water partition coefficient (Wildman–Crippen LogP) is 1.32. The summed E-state index contributed by atoms with van der Waals surface area (Å²) in [5.74, 6) is 0.720. The van der Waals surface area contributed by atoms with Gasteiger partial charge in [-0.2, -0.15) is 0 Å². The molecule has 4 heteroatoms. The van der Waals surface area contributed by atoms with Gasteiger partial charge < -0.3 is 19.9 Å². The molecular weight excluding hydrogens is 242 g/mol. The Kier molecular flexibility index (Phi) is 4.13. The van der Waals surface area contributed by atoms with Gasteiger partial charge in [0.2, 0.25) is 0 Å². The number of methoxy groups -OCH3 is 1. The molecule has 0 bridgehead atoms. The van der Waals surface area contributed by atoms with Crippen LogP contribution in [0.2, 0.25) is 0 Å². The number of hydrogen-bond acceptors (Lipinski definition) is 4. The summed E-state index contributed by atoms with van der Waals surface area (Å²) >= 11 is 0. The van der Waals surface area contributed by atoms with Gasteiger partial charge in [0.1, 0.15) is 0 Å². The minimum atomic E-state index is -0.340. The van der Waals surface area contributed by atoms with E-state index in [0.717, 1.165) is 25.5 Å². The standard InChI is InChI=1S/C15H27NO3/c1-18-10-11(17)4-8-16-13-12-5-9-19-14(12)15(13)6-2-3-7-15/h11-14,16-17H,2-10H2,1H3. The van der Waals surface area contributed by atoms with Crippen LogP contribution >= 0.6 is 0 Å². The molecule has 0 amide bonds. The van der Waals surface area contributed by atoms with Crippen LogP contribution in [0.4, 0.5) is 0 Å². The molecule has 2 saturated carbocycles. The Hall–Kier alpha value is -0.160. The summed E-state index contributed by atoms with van der Waals surface area (Å²) < 4.78 is 10.9. The zero-order valence-corrected chi connectivity index (χ0v) is 11.9. The summed E-state index contributed by atoms with van der Waals surface area (Å²) in [6.45, 7) is 2.27. The summed E-state index contributed by atoms with van der Waals surface area (Å²) in [7, 11) is 1.64. The average Bonchev–Trinajstić information content (AvgIpc) is 3.03. The highest BCUT2D eigenvalue weighted by Crippen LogP contribution is 2.60. The quantitative estimate of drug-likeness (QED) is 0.763. The molecule has 3 fully saturated rings. The van der Waals surface area contributed by atoms with E-state index in [4.69, 9.17) is 9.47 Å². The molecule has 3 aliphatic rings. The van der Waals surface area contributed by atoms with E-state index in [-0.39, 0.29) is 6.10 Å². The highest BCUT2D eigenvalue weighted by Gasteiger charge is 2.64. The Balaban J connectivity index is 1.52. The summed E-state index contributed by atoms with van der Waals surface area (Å²) in [6.07, 6.45) is 7.54. The molecule has 4 unspecified atom stereocenters. The molecule has 19 heavy (non-hydrogen) atoms. The lowest BCUT2D eigenvalue weighted by Crippen LogP contribution is -2.67. The van der Waals surface area contributed by atoms with E-state index in [1.165, 1.54) is 32.1 Å². The molecule has 0 radical (unpaired) electrons. The summed E-state index contributed by atoms with van der Waals surface area (Å²) in [5.41, 5.74) is 0.424. The second-order valence-electron chi connectivity index (χ2n) is 6.51. The fourth-order valence-electron chi connectivity index (χ4n) is 4.69. The van der Waals surface area contributed by atoms with E-state index in [9.17, 15) is 5.11 Å². The van der Waals surface area contributed by atoms with Crippen molar-refractivity contribution in [2.24, 2.45) is 11.3 Å². The third-order valence-electron chi connectivity index (χ3n) is 5.49. The summed E-state index contributed by atoms with van der Waals surface area (Å²) in [4.78, 5) is 0. The van der Waals surface area contributed by atoms with Crippen LogP contribution in [0, 0.1) is 11.3 Å². The fraction of sp³-hybridized carbons (Fsp3) is 1.00. The van der Waals surface area contributed by atoms with Crippen molar-refractivity contribution in [3.63, 3.8) is 0 Å². The maximum absolute atomic E-state index is 9.71. The van der Waals surface area contributed by atoms with Crippen molar-refractivity contribution in [2.45, 2.75) is 56.8 Å². The van der Waals surface area contributed by atoms with Gasteiger partial charge in [-0.3, -0.25) is 0 Å². The topological polar surface area (TPSA) is 50.7 Å². The first-order valence-corrected chi connectivity index (χ1v) is 7.80. The van der Waals surface area contributed by atoms with E-state index in [1.807, 2.05) is 0 Å². The molecule has 1 saturated heterocycles. The minimum Gasteiger partial charge on any atom is -0.391 e. The lowest BCUT2D eigenvalue weighted by Gasteiger charge is -2.57. The largest absolute Gasteiger partial charge is 0.391 e. The van der Waals surface area contributed by atoms with Crippen LogP contribution in [0.3, 0.4) is 0 Å². The van der Waals surface area contributed by atoms with E-state index in [2.05, 4.69) is 5.32 Å². The van der Waals surface area contributed by atoms with Crippen LogP contribution in [0.1, 0.15) is 38.5 Å². The van der Waals surface area contributed by atoms with E-state index < -0.39 is 0 Å². The number of aliphatic hydroxyl groups is 1. The van der Waals surface area contributed by atoms with Crippen molar-refractivity contribution in [1.82, 2.24) is 5.32 Å². The van der Waals surface area contributed by atoms with Crippen LogP contribution in [0.5, 0.6) is 0 Å². The van der Waals surface area contributed by atoms with Crippen molar-refractivity contribution in [2.75, 3.05) is 26.9 Å². The second kappa shape index (κ2) is 5.68. The number of fused-ring (bicyclic) bond motifs is 2. The normalized spacial score (nSPS) is 37.3. The first-order chi connectivity index (χ1) is 9.28. The number of aliphatic hydroxyl groups excluding tert-OH is 1. The van der Waals surface area contributed by atoms with Gasteiger partial charge in [0.15, 0.2) is 0 Å². The lowest BCUT2D eigenvalue weighted by molar-refractivity contribution is -0.130. The van der Waals surface area contributed by atoms with Gasteiger partial charge in [-0.05, 0) is 32.2 Å². The van der Waals surface area contributed by atoms with Crippen LogP contribution in [0.15, 0.2) is 0 Å². The van der Waals surface area contributed by atoms with Crippen molar-refractivity contribution < 1.29 is 14.6 Å². The van der Waals surface area contributed by atoms with Gasteiger partial charge in [0.05, 0.1) is 18.8 Å². The zero-order valence-electron chi connectivity index (χ0n) is 11.9. The van der Waals surface area contributed by atoms with Gasteiger partial charge in [-0.25, -0.2) is 0 Å². The molecule has 2 aliphatic carbocycles. The molecule has 0 aromatic rings. The Morgan fingerprint density at radius 2 is 2.21 bits per heavy atom. The van der Waals surface area contributed by atoms with Gasteiger partial charge in [0, 0.05) is 31.1 Å². The molecule has 1 aliphatic heterocycles.